The topological polar surface area (TPSA) is 79.6 Å². The van der Waals surface area contributed by atoms with Gasteiger partial charge in [-0.2, -0.15) is 4.31 Å². The summed E-state index contributed by atoms with van der Waals surface area (Å²) in [5, 5.41) is 2.87. The van der Waals surface area contributed by atoms with E-state index in [1.165, 1.54) is 0 Å². The number of amides is 1. The molecule has 0 unspecified atom stereocenters. The van der Waals surface area contributed by atoms with Gasteiger partial charge in [0.2, 0.25) is 15.9 Å². The van der Waals surface area contributed by atoms with E-state index in [0.29, 0.717) is 36.9 Å². The van der Waals surface area contributed by atoms with E-state index >= 15 is 0 Å². The number of benzene rings is 1. The summed E-state index contributed by atoms with van der Waals surface area (Å²) in [6.07, 6.45) is 2.81. The van der Waals surface area contributed by atoms with Crippen LogP contribution >= 0.6 is 0 Å². The van der Waals surface area contributed by atoms with Crippen molar-refractivity contribution in [1.82, 2.24) is 9.62 Å². The van der Waals surface area contributed by atoms with Crippen LogP contribution in [0.25, 0.3) is 0 Å². The predicted molar refractivity (Wildman–Crippen MR) is 102 cm³/mol. The average Bonchev–Trinajstić information content (AvgIpc) is 3.11. The van der Waals surface area contributed by atoms with Gasteiger partial charge in [-0.15, -0.1) is 0 Å². The number of aryl methyl sites for hydroxylation is 1. The highest BCUT2D eigenvalue weighted by atomic mass is 32.2. The molecule has 1 aliphatic heterocycles. The number of hydrogen-bond acceptors (Lipinski definition) is 4. The number of carbonyl (C=O) groups is 1. The molecule has 1 fully saturated rings. The third kappa shape index (κ3) is 5.20. The van der Waals surface area contributed by atoms with E-state index in [4.69, 9.17) is 4.42 Å². The zero-order chi connectivity index (χ0) is 19.3. The molecule has 2 heterocycles. The molecule has 2 aromatic rings. The first kappa shape index (κ1) is 19.6. The molecule has 1 N–H and O–H groups in total. The summed E-state index contributed by atoms with van der Waals surface area (Å²) in [6.45, 7) is 3.29. The summed E-state index contributed by atoms with van der Waals surface area (Å²) in [6, 6.07) is 12.3. The van der Waals surface area contributed by atoms with Crippen molar-refractivity contribution in [1.29, 1.82) is 0 Å². The van der Waals surface area contributed by atoms with E-state index < -0.39 is 10.0 Å². The summed E-state index contributed by atoms with van der Waals surface area (Å²) in [5.41, 5.74) is 0. The summed E-state index contributed by atoms with van der Waals surface area (Å²) < 4.78 is 32.3. The van der Waals surface area contributed by atoms with E-state index in [1.807, 2.05) is 25.1 Å². The molecule has 0 saturated carbocycles. The lowest BCUT2D eigenvalue weighted by Crippen LogP contribution is -2.38. The van der Waals surface area contributed by atoms with Crippen molar-refractivity contribution in [3.63, 3.8) is 0 Å². The molecule has 146 valence electrons. The predicted octanol–water partition coefficient (Wildman–Crippen LogP) is 3.09. The second kappa shape index (κ2) is 8.71. The second-order valence-corrected chi connectivity index (χ2v) is 8.93. The summed E-state index contributed by atoms with van der Waals surface area (Å²) in [7, 11) is -3.41. The number of sulfonamides is 1. The number of hydrogen-bond donors (Lipinski definition) is 1. The van der Waals surface area contributed by atoms with Crippen molar-refractivity contribution in [2.45, 2.75) is 44.0 Å². The molecule has 1 saturated heterocycles. The quantitative estimate of drug-likeness (QED) is 0.788. The van der Waals surface area contributed by atoms with Crippen LogP contribution in [0.3, 0.4) is 0 Å². The number of rotatable bonds is 7. The Bertz CT molecular complexity index is 853. The SMILES string of the molecule is Cc1ccc(CNC(=O)CCC2CCN(S(=O)(=O)c3ccccc3)CC2)o1. The smallest absolute Gasteiger partial charge is 0.243 e. The fourth-order valence-electron chi connectivity index (χ4n) is 3.37. The number of nitrogens with zero attached hydrogens (tertiary/aromatic N) is 1. The normalized spacial score (nSPS) is 16.3. The lowest BCUT2D eigenvalue weighted by Gasteiger charge is -2.31. The van der Waals surface area contributed by atoms with Crippen LogP contribution in [0.4, 0.5) is 0 Å². The van der Waals surface area contributed by atoms with Gasteiger partial charge < -0.3 is 9.73 Å². The zero-order valence-electron chi connectivity index (χ0n) is 15.6. The van der Waals surface area contributed by atoms with E-state index in [2.05, 4.69) is 5.32 Å². The molecule has 1 aromatic heterocycles. The third-order valence-electron chi connectivity index (χ3n) is 4.99. The largest absolute Gasteiger partial charge is 0.465 e. The van der Waals surface area contributed by atoms with Crippen molar-refractivity contribution in [2.24, 2.45) is 5.92 Å². The molecule has 0 bridgehead atoms. The lowest BCUT2D eigenvalue weighted by atomic mass is 9.93. The van der Waals surface area contributed by atoms with Crippen molar-refractivity contribution in [3.8, 4) is 0 Å². The first-order valence-electron chi connectivity index (χ1n) is 9.32. The van der Waals surface area contributed by atoms with Crippen LogP contribution in [0.2, 0.25) is 0 Å². The van der Waals surface area contributed by atoms with Crippen LogP contribution in [-0.2, 0) is 21.4 Å². The summed E-state index contributed by atoms with van der Waals surface area (Å²) in [5.74, 6) is 1.96. The lowest BCUT2D eigenvalue weighted by molar-refractivity contribution is -0.121. The molecule has 1 amide bonds. The highest BCUT2D eigenvalue weighted by Gasteiger charge is 2.29. The van der Waals surface area contributed by atoms with Gasteiger partial charge in [-0.3, -0.25) is 4.79 Å². The van der Waals surface area contributed by atoms with Gasteiger partial charge in [-0.25, -0.2) is 8.42 Å². The van der Waals surface area contributed by atoms with Crippen LogP contribution < -0.4 is 5.32 Å². The molecule has 0 atom stereocenters. The Morgan fingerprint density at radius 1 is 1.15 bits per heavy atom. The van der Waals surface area contributed by atoms with Crippen LogP contribution in [0, 0.1) is 12.8 Å². The van der Waals surface area contributed by atoms with Gasteiger partial charge in [0.15, 0.2) is 0 Å². The Kier molecular flexibility index (Phi) is 6.34. The monoisotopic (exact) mass is 390 g/mol. The molecule has 0 aliphatic carbocycles. The Morgan fingerprint density at radius 3 is 2.48 bits per heavy atom. The van der Waals surface area contributed by atoms with E-state index in [0.717, 1.165) is 30.8 Å². The minimum atomic E-state index is -3.41. The highest BCUT2D eigenvalue weighted by molar-refractivity contribution is 7.89. The van der Waals surface area contributed by atoms with E-state index in [1.54, 1.807) is 28.6 Å². The minimum absolute atomic E-state index is 0.00314. The minimum Gasteiger partial charge on any atom is -0.465 e. The van der Waals surface area contributed by atoms with Crippen molar-refractivity contribution in [3.05, 3.63) is 54.0 Å². The third-order valence-corrected chi connectivity index (χ3v) is 6.90. The first-order valence-corrected chi connectivity index (χ1v) is 10.8. The molecule has 1 aliphatic rings. The number of furan rings is 1. The standard InChI is InChI=1S/C20H26N2O4S/c1-16-7-9-18(26-16)15-21-20(23)10-8-17-11-13-22(14-12-17)27(24,25)19-5-3-2-4-6-19/h2-7,9,17H,8,10-15H2,1H3,(H,21,23). The van der Waals surface area contributed by atoms with Gasteiger partial charge in [0, 0.05) is 19.5 Å². The number of piperidine rings is 1. The summed E-state index contributed by atoms with van der Waals surface area (Å²) >= 11 is 0. The molecule has 27 heavy (non-hydrogen) atoms. The molecular weight excluding hydrogens is 364 g/mol. The van der Waals surface area contributed by atoms with E-state index in [-0.39, 0.29) is 5.91 Å². The fraction of sp³-hybridized carbons (Fsp3) is 0.450. The second-order valence-electron chi connectivity index (χ2n) is 6.99. The van der Waals surface area contributed by atoms with Crippen LogP contribution in [0.5, 0.6) is 0 Å². The van der Waals surface area contributed by atoms with Gasteiger partial charge in [0.05, 0.1) is 11.4 Å². The van der Waals surface area contributed by atoms with Crippen molar-refractivity contribution < 1.29 is 17.6 Å². The average molecular weight is 391 g/mol. The molecule has 1 aromatic carbocycles. The zero-order valence-corrected chi connectivity index (χ0v) is 16.4. The van der Waals surface area contributed by atoms with Gasteiger partial charge in [0.1, 0.15) is 11.5 Å². The van der Waals surface area contributed by atoms with Crippen LogP contribution in [0.1, 0.15) is 37.2 Å². The van der Waals surface area contributed by atoms with Gasteiger partial charge in [0.25, 0.3) is 0 Å². The Labute approximate surface area is 160 Å². The molecular formula is C20H26N2O4S. The first-order chi connectivity index (χ1) is 12.9. The van der Waals surface area contributed by atoms with Gasteiger partial charge >= 0.3 is 0 Å². The number of carbonyl (C=O) groups excluding carboxylic acids is 1. The maximum atomic E-state index is 12.6. The molecule has 3 rings (SSSR count). The Hall–Kier alpha value is -2.12. The molecule has 7 heteroatoms. The Balaban J connectivity index is 1.41. The highest BCUT2D eigenvalue weighted by Crippen LogP contribution is 2.26. The molecule has 6 nitrogen and oxygen atoms in total. The van der Waals surface area contributed by atoms with Crippen LogP contribution in [0.15, 0.2) is 51.8 Å². The van der Waals surface area contributed by atoms with E-state index in [9.17, 15) is 13.2 Å². The fourth-order valence-corrected chi connectivity index (χ4v) is 4.86. The number of nitrogens with one attached hydrogen (secondary N) is 1. The maximum Gasteiger partial charge on any atom is 0.243 e. The molecule has 0 radical (unpaired) electrons. The Morgan fingerprint density at radius 2 is 1.85 bits per heavy atom. The van der Waals surface area contributed by atoms with Gasteiger partial charge in [-0.1, -0.05) is 18.2 Å². The van der Waals surface area contributed by atoms with Crippen LogP contribution in [-0.4, -0.2) is 31.7 Å². The summed E-state index contributed by atoms with van der Waals surface area (Å²) in [4.78, 5) is 12.4. The van der Waals surface area contributed by atoms with Crippen molar-refractivity contribution >= 4 is 15.9 Å². The maximum absolute atomic E-state index is 12.6. The molecule has 0 spiro atoms. The van der Waals surface area contributed by atoms with Crippen molar-refractivity contribution in [2.75, 3.05) is 13.1 Å². The van der Waals surface area contributed by atoms with Gasteiger partial charge in [-0.05, 0) is 56.4 Å².